The van der Waals surface area contributed by atoms with Crippen LogP contribution in [0, 0.1) is 0 Å². The van der Waals surface area contributed by atoms with Gasteiger partial charge in [0.1, 0.15) is 35.3 Å². The number of para-hydroxylation sites is 1. The third-order valence-corrected chi connectivity index (χ3v) is 5.10. The second-order valence-corrected chi connectivity index (χ2v) is 7.72. The molecule has 0 radical (unpaired) electrons. The van der Waals surface area contributed by atoms with Gasteiger partial charge in [0.05, 0.1) is 0 Å². The number of carbonyl (C=O) groups excluding carboxylic acids is 1. The van der Waals surface area contributed by atoms with Crippen molar-refractivity contribution >= 4 is 34.7 Å². The van der Waals surface area contributed by atoms with Gasteiger partial charge in [0.2, 0.25) is 0 Å². The Labute approximate surface area is 208 Å². The molecule has 0 saturated carbocycles. The Bertz CT molecular complexity index is 1430. The van der Waals surface area contributed by atoms with Crippen molar-refractivity contribution in [3.05, 3.63) is 121 Å². The first-order valence-corrected chi connectivity index (χ1v) is 11.2. The van der Waals surface area contributed by atoms with E-state index in [9.17, 15) is 4.79 Å². The molecule has 0 spiro atoms. The van der Waals surface area contributed by atoms with E-state index in [2.05, 4.69) is 30.9 Å². The van der Waals surface area contributed by atoms with Gasteiger partial charge in [-0.3, -0.25) is 4.79 Å². The van der Waals surface area contributed by atoms with Gasteiger partial charge in [-0.15, -0.1) is 0 Å². The molecule has 8 nitrogen and oxygen atoms in total. The molecule has 1 amide bonds. The molecule has 0 bridgehead atoms. The molecular formula is C28H22N6O2. The SMILES string of the molecule is O=C(Nc1ccc(Nc2cc(Nc3ccccn3)ncn2)cc1)c1ccc(Oc2ccccc2)cc1. The van der Waals surface area contributed by atoms with Gasteiger partial charge in [-0.1, -0.05) is 24.3 Å². The van der Waals surface area contributed by atoms with Gasteiger partial charge in [-0.2, -0.15) is 0 Å². The van der Waals surface area contributed by atoms with E-state index in [0.717, 1.165) is 11.4 Å². The Kier molecular flexibility index (Phi) is 6.76. The van der Waals surface area contributed by atoms with Crippen LogP contribution in [0.15, 0.2) is 116 Å². The van der Waals surface area contributed by atoms with Crippen molar-refractivity contribution in [3.8, 4) is 11.5 Å². The van der Waals surface area contributed by atoms with Gasteiger partial charge < -0.3 is 20.7 Å². The molecule has 176 valence electrons. The molecule has 5 aromatic rings. The lowest BCUT2D eigenvalue weighted by atomic mass is 10.2. The zero-order chi connectivity index (χ0) is 24.6. The minimum absolute atomic E-state index is 0.206. The van der Waals surface area contributed by atoms with Crippen molar-refractivity contribution in [2.75, 3.05) is 16.0 Å². The third kappa shape index (κ3) is 6.00. The van der Waals surface area contributed by atoms with E-state index in [-0.39, 0.29) is 5.91 Å². The zero-order valence-electron chi connectivity index (χ0n) is 19.1. The number of hydrogen-bond acceptors (Lipinski definition) is 7. The van der Waals surface area contributed by atoms with Crippen LogP contribution in [0.2, 0.25) is 0 Å². The summed E-state index contributed by atoms with van der Waals surface area (Å²) in [5.41, 5.74) is 2.03. The highest BCUT2D eigenvalue weighted by Crippen LogP contribution is 2.23. The number of amides is 1. The number of nitrogens with zero attached hydrogens (tertiary/aromatic N) is 3. The lowest BCUT2D eigenvalue weighted by Gasteiger charge is -2.10. The maximum absolute atomic E-state index is 12.7. The normalized spacial score (nSPS) is 10.3. The molecule has 3 aromatic carbocycles. The van der Waals surface area contributed by atoms with Crippen LogP contribution in [0.1, 0.15) is 10.4 Å². The topological polar surface area (TPSA) is 101 Å². The maximum Gasteiger partial charge on any atom is 0.255 e. The first-order valence-electron chi connectivity index (χ1n) is 11.2. The van der Waals surface area contributed by atoms with Gasteiger partial charge in [0.25, 0.3) is 5.91 Å². The minimum Gasteiger partial charge on any atom is -0.457 e. The third-order valence-electron chi connectivity index (χ3n) is 5.10. The molecule has 0 saturated heterocycles. The molecule has 8 heteroatoms. The summed E-state index contributed by atoms with van der Waals surface area (Å²) in [5.74, 6) is 3.14. The van der Waals surface area contributed by atoms with Crippen molar-refractivity contribution in [2.24, 2.45) is 0 Å². The average molecular weight is 475 g/mol. The van der Waals surface area contributed by atoms with Crippen LogP contribution in [0.4, 0.5) is 28.8 Å². The number of ether oxygens (including phenoxy) is 1. The van der Waals surface area contributed by atoms with Crippen LogP contribution < -0.4 is 20.7 Å². The monoisotopic (exact) mass is 474 g/mol. The first kappa shape index (κ1) is 22.5. The smallest absolute Gasteiger partial charge is 0.255 e. The summed E-state index contributed by atoms with van der Waals surface area (Å²) >= 11 is 0. The molecule has 0 aliphatic rings. The highest BCUT2D eigenvalue weighted by atomic mass is 16.5. The van der Waals surface area contributed by atoms with E-state index in [1.807, 2.05) is 72.8 Å². The number of aromatic nitrogens is 3. The van der Waals surface area contributed by atoms with Crippen molar-refractivity contribution < 1.29 is 9.53 Å². The van der Waals surface area contributed by atoms with E-state index >= 15 is 0 Å². The highest BCUT2D eigenvalue weighted by molar-refractivity contribution is 6.04. The Hall–Kier alpha value is -5.24. The van der Waals surface area contributed by atoms with E-state index in [1.165, 1.54) is 6.33 Å². The molecule has 5 rings (SSSR count). The zero-order valence-corrected chi connectivity index (χ0v) is 19.1. The fourth-order valence-electron chi connectivity index (χ4n) is 3.35. The van der Waals surface area contributed by atoms with Crippen LogP contribution in [0.3, 0.4) is 0 Å². The van der Waals surface area contributed by atoms with Crippen molar-refractivity contribution in [1.82, 2.24) is 15.0 Å². The number of hydrogen-bond donors (Lipinski definition) is 3. The van der Waals surface area contributed by atoms with E-state index in [1.54, 1.807) is 36.5 Å². The number of benzene rings is 3. The minimum atomic E-state index is -0.206. The van der Waals surface area contributed by atoms with Crippen molar-refractivity contribution in [1.29, 1.82) is 0 Å². The van der Waals surface area contributed by atoms with Crippen LogP contribution in [0.25, 0.3) is 0 Å². The standard InChI is InChI=1S/C28H22N6O2/c35-28(20-9-15-24(16-10-20)36-23-6-2-1-3-7-23)33-22-13-11-21(12-14-22)32-26-18-27(31-19-30-26)34-25-8-4-5-17-29-25/h1-19H,(H,33,35)(H2,29,30,31,32,34). The number of nitrogens with one attached hydrogen (secondary N) is 3. The average Bonchev–Trinajstić information content (AvgIpc) is 2.92. The first-order chi connectivity index (χ1) is 17.7. The number of anilines is 5. The van der Waals surface area contributed by atoms with E-state index in [4.69, 9.17) is 4.74 Å². The highest BCUT2D eigenvalue weighted by Gasteiger charge is 2.07. The van der Waals surface area contributed by atoms with E-state index < -0.39 is 0 Å². The molecule has 0 unspecified atom stereocenters. The van der Waals surface area contributed by atoms with Gasteiger partial charge in [-0.25, -0.2) is 15.0 Å². The quantitative estimate of drug-likeness (QED) is 0.239. The van der Waals surface area contributed by atoms with Crippen LogP contribution in [0.5, 0.6) is 11.5 Å². The number of carbonyl (C=O) groups is 1. The van der Waals surface area contributed by atoms with Gasteiger partial charge in [-0.05, 0) is 72.8 Å². The lowest BCUT2D eigenvalue weighted by Crippen LogP contribution is -2.11. The summed E-state index contributed by atoms with van der Waals surface area (Å²) in [5, 5.41) is 9.27. The van der Waals surface area contributed by atoms with Crippen LogP contribution in [-0.4, -0.2) is 20.9 Å². The Morgan fingerprint density at radius 2 is 1.28 bits per heavy atom. The number of rotatable bonds is 8. The molecule has 2 heterocycles. The molecule has 0 atom stereocenters. The molecule has 0 aliphatic carbocycles. The van der Waals surface area contributed by atoms with Crippen LogP contribution in [-0.2, 0) is 0 Å². The van der Waals surface area contributed by atoms with Gasteiger partial charge >= 0.3 is 0 Å². The largest absolute Gasteiger partial charge is 0.457 e. The lowest BCUT2D eigenvalue weighted by molar-refractivity contribution is 0.102. The Balaban J connectivity index is 1.17. The van der Waals surface area contributed by atoms with E-state index in [0.29, 0.717) is 34.5 Å². The second-order valence-electron chi connectivity index (χ2n) is 7.72. The van der Waals surface area contributed by atoms with Gasteiger partial charge in [0.15, 0.2) is 0 Å². The maximum atomic E-state index is 12.7. The summed E-state index contributed by atoms with van der Waals surface area (Å²) in [6, 6.07) is 31.3. The second kappa shape index (κ2) is 10.8. The molecule has 3 N–H and O–H groups in total. The predicted molar refractivity (Wildman–Crippen MR) is 140 cm³/mol. The molecule has 0 fully saturated rings. The summed E-state index contributed by atoms with van der Waals surface area (Å²) in [4.78, 5) is 25.4. The molecule has 2 aromatic heterocycles. The summed E-state index contributed by atoms with van der Waals surface area (Å²) < 4.78 is 5.78. The summed E-state index contributed by atoms with van der Waals surface area (Å²) in [7, 11) is 0. The Morgan fingerprint density at radius 1 is 0.611 bits per heavy atom. The molecule has 36 heavy (non-hydrogen) atoms. The molecular weight excluding hydrogens is 452 g/mol. The summed E-state index contributed by atoms with van der Waals surface area (Å²) in [6.07, 6.45) is 3.18. The number of pyridine rings is 1. The fourth-order valence-corrected chi connectivity index (χ4v) is 3.35. The summed E-state index contributed by atoms with van der Waals surface area (Å²) in [6.45, 7) is 0. The fraction of sp³-hybridized carbons (Fsp3) is 0. The predicted octanol–water partition coefficient (Wildman–Crippen LogP) is 6.40. The van der Waals surface area contributed by atoms with Crippen molar-refractivity contribution in [2.45, 2.75) is 0 Å². The molecule has 0 aliphatic heterocycles. The van der Waals surface area contributed by atoms with Gasteiger partial charge in [0, 0.05) is 29.2 Å². The Morgan fingerprint density at radius 3 is 2.00 bits per heavy atom. The van der Waals surface area contributed by atoms with Crippen LogP contribution >= 0.6 is 0 Å². The van der Waals surface area contributed by atoms with Crippen molar-refractivity contribution in [3.63, 3.8) is 0 Å².